The summed E-state index contributed by atoms with van der Waals surface area (Å²) >= 11 is 8.51. The third-order valence-corrected chi connectivity index (χ3v) is 6.05. The number of rotatable bonds is 8. The van der Waals surface area contributed by atoms with Gasteiger partial charge in [0.15, 0.2) is 10.3 Å². The van der Waals surface area contributed by atoms with E-state index in [4.69, 9.17) is 11.6 Å². The zero-order valence-corrected chi connectivity index (χ0v) is 18.1. The highest BCUT2D eigenvalue weighted by Gasteiger charge is 2.19. The Hall–Kier alpha value is -2.43. The summed E-state index contributed by atoms with van der Waals surface area (Å²) in [6.07, 6.45) is 2.15. The molecule has 0 aliphatic heterocycles. The molecular formula is C18H19ClN6O2S2. The van der Waals surface area contributed by atoms with Crippen LogP contribution in [0, 0.1) is 0 Å². The molecule has 0 unspecified atom stereocenters. The zero-order chi connectivity index (χ0) is 20.8. The number of carbonyl (C=O) groups excluding carboxylic acids is 2. The van der Waals surface area contributed by atoms with E-state index in [9.17, 15) is 9.59 Å². The van der Waals surface area contributed by atoms with Gasteiger partial charge in [0.1, 0.15) is 5.82 Å². The topological polar surface area (TPSA) is 102 Å². The Bertz CT molecular complexity index is 975. The van der Waals surface area contributed by atoms with E-state index in [0.717, 1.165) is 5.82 Å². The van der Waals surface area contributed by atoms with Crippen LogP contribution in [-0.2, 0) is 18.3 Å². The van der Waals surface area contributed by atoms with E-state index >= 15 is 0 Å². The van der Waals surface area contributed by atoms with Crippen LogP contribution >= 0.6 is 34.7 Å². The lowest BCUT2D eigenvalue weighted by molar-refractivity contribution is -0.115. The van der Waals surface area contributed by atoms with Gasteiger partial charge < -0.3 is 15.2 Å². The van der Waals surface area contributed by atoms with Gasteiger partial charge in [-0.15, -0.1) is 21.5 Å². The van der Waals surface area contributed by atoms with Gasteiger partial charge in [0.05, 0.1) is 5.25 Å². The molecule has 0 spiro atoms. The summed E-state index contributed by atoms with van der Waals surface area (Å²) in [7, 11) is 1.84. The molecule has 3 rings (SSSR count). The number of nitrogens with zero attached hydrogens (tertiary/aromatic N) is 4. The van der Waals surface area contributed by atoms with Crippen molar-refractivity contribution in [1.29, 1.82) is 0 Å². The largest absolute Gasteiger partial charge is 0.352 e. The normalized spacial score (nSPS) is 11.8. The number of thiazole rings is 1. The van der Waals surface area contributed by atoms with Gasteiger partial charge >= 0.3 is 0 Å². The fourth-order valence-electron chi connectivity index (χ4n) is 2.36. The molecular weight excluding hydrogens is 432 g/mol. The van der Waals surface area contributed by atoms with Crippen LogP contribution in [0.25, 0.3) is 0 Å². The summed E-state index contributed by atoms with van der Waals surface area (Å²) in [5.74, 6) is 0.395. The van der Waals surface area contributed by atoms with E-state index in [1.807, 2.05) is 11.6 Å². The number of amides is 2. The molecule has 0 fully saturated rings. The van der Waals surface area contributed by atoms with Crippen LogP contribution in [0.2, 0.25) is 5.02 Å². The number of hydrogen-bond donors (Lipinski definition) is 2. The molecule has 8 nitrogen and oxygen atoms in total. The Kier molecular flexibility index (Phi) is 7.24. The second-order valence-corrected chi connectivity index (χ2v) is 8.70. The second kappa shape index (κ2) is 9.86. The van der Waals surface area contributed by atoms with Gasteiger partial charge in [-0.25, -0.2) is 4.98 Å². The van der Waals surface area contributed by atoms with Crippen molar-refractivity contribution >= 4 is 51.6 Å². The van der Waals surface area contributed by atoms with Crippen molar-refractivity contribution in [3.05, 3.63) is 52.3 Å². The number of halogens is 1. The Balaban J connectivity index is 1.50. The van der Waals surface area contributed by atoms with Crippen molar-refractivity contribution < 1.29 is 9.59 Å². The average Bonchev–Trinajstić information content (AvgIpc) is 3.33. The fraction of sp³-hybridized carbons (Fsp3) is 0.278. The first-order chi connectivity index (χ1) is 13.9. The van der Waals surface area contributed by atoms with Crippen molar-refractivity contribution in [2.45, 2.75) is 23.8 Å². The number of anilines is 1. The molecule has 11 heteroatoms. The Morgan fingerprint density at radius 1 is 1.28 bits per heavy atom. The number of aromatic nitrogens is 4. The summed E-state index contributed by atoms with van der Waals surface area (Å²) in [6.45, 7) is 2.21. The molecule has 1 aromatic carbocycles. The molecule has 2 N–H and O–H groups in total. The van der Waals surface area contributed by atoms with Crippen molar-refractivity contribution in [3.8, 4) is 0 Å². The van der Waals surface area contributed by atoms with Crippen molar-refractivity contribution in [1.82, 2.24) is 25.1 Å². The lowest BCUT2D eigenvalue weighted by Crippen LogP contribution is -2.26. The Morgan fingerprint density at radius 3 is 2.72 bits per heavy atom. The molecule has 0 bridgehead atoms. The van der Waals surface area contributed by atoms with Crippen LogP contribution in [-0.4, -0.2) is 43.4 Å². The number of nitrogens with one attached hydrogen (secondary N) is 2. The van der Waals surface area contributed by atoms with Crippen LogP contribution in [0.5, 0.6) is 0 Å². The van der Waals surface area contributed by atoms with Crippen LogP contribution in [0.1, 0.15) is 23.1 Å². The molecule has 0 radical (unpaired) electrons. The molecule has 152 valence electrons. The van der Waals surface area contributed by atoms with Gasteiger partial charge in [-0.3, -0.25) is 9.59 Å². The molecule has 2 aromatic heterocycles. The molecule has 1 atom stereocenters. The molecule has 0 aliphatic carbocycles. The van der Waals surface area contributed by atoms with Crippen LogP contribution < -0.4 is 10.6 Å². The first-order valence-electron chi connectivity index (χ1n) is 8.73. The minimum Gasteiger partial charge on any atom is -0.352 e. The SMILES string of the molecule is C[C@H](Sc1nnc(CCNC(=O)c2ccc(Cl)cc2)n1C)C(=O)Nc1nccs1. The molecule has 0 saturated heterocycles. The number of benzene rings is 1. The van der Waals surface area contributed by atoms with Gasteiger partial charge in [0.2, 0.25) is 5.91 Å². The van der Waals surface area contributed by atoms with E-state index in [1.165, 1.54) is 23.1 Å². The van der Waals surface area contributed by atoms with Crippen LogP contribution in [0.3, 0.4) is 0 Å². The summed E-state index contributed by atoms with van der Waals surface area (Å²) in [5.41, 5.74) is 0.545. The summed E-state index contributed by atoms with van der Waals surface area (Å²) in [5, 5.41) is 17.2. The molecule has 0 saturated carbocycles. The summed E-state index contributed by atoms with van der Waals surface area (Å²) < 4.78 is 1.83. The van der Waals surface area contributed by atoms with Crippen molar-refractivity contribution in [2.75, 3.05) is 11.9 Å². The van der Waals surface area contributed by atoms with Crippen molar-refractivity contribution in [3.63, 3.8) is 0 Å². The Morgan fingerprint density at radius 2 is 2.03 bits per heavy atom. The van der Waals surface area contributed by atoms with E-state index in [-0.39, 0.29) is 17.1 Å². The van der Waals surface area contributed by atoms with E-state index in [0.29, 0.717) is 33.8 Å². The van der Waals surface area contributed by atoms with E-state index in [1.54, 1.807) is 42.8 Å². The molecule has 3 aromatic rings. The van der Waals surface area contributed by atoms with E-state index < -0.39 is 0 Å². The number of hydrogen-bond acceptors (Lipinski definition) is 7. The lowest BCUT2D eigenvalue weighted by Gasteiger charge is -2.10. The van der Waals surface area contributed by atoms with E-state index in [2.05, 4.69) is 25.8 Å². The minimum atomic E-state index is -0.362. The second-order valence-electron chi connectivity index (χ2n) is 6.06. The lowest BCUT2D eigenvalue weighted by atomic mass is 10.2. The third kappa shape index (κ3) is 5.78. The highest BCUT2D eigenvalue weighted by atomic mass is 35.5. The first-order valence-corrected chi connectivity index (χ1v) is 10.9. The average molecular weight is 451 g/mol. The number of carbonyl (C=O) groups is 2. The van der Waals surface area contributed by atoms with Crippen LogP contribution in [0.4, 0.5) is 5.13 Å². The highest BCUT2D eigenvalue weighted by Crippen LogP contribution is 2.23. The monoisotopic (exact) mass is 450 g/mol. The maximum atomic E-state index is 12.3. The predicted octanol–water partition coefficient (Wildman–Crippen LogP) is 3.02. The highest BCUT2D eigenvalue weighted by molar-refractivity contribution is 8.00. The summed E-state index contributed by atoms with van der Waals surface area (Å²) in [6, 6.07) is 6.70. The standard InChI is InChI=1S/C18H19ClN6O2S2/c1-11(15(26)22-17-21-9-10-28-17)29-18-24-23-14(25(18)2)7-8-20-16(27)12-3-5-13(19)6-4-12/h3-6,9-11H,7-8H2,1-2H3,(H,20,27)(H,21,22,26)/t11-/m0/s1. The van der Waals surface area contributed by atoms with Gasteiger partial charge in [0.25, 0.3) is 5.91 Å². The fourth-order valence-corrected chi connectivity index (χ4v) is 3.85. The zero-order valence-electron chi connectivity index (χ0n) is 15.8. The molecule has 2 heterocycles. The predicted molar refractivity (Wildman–Crippen MR) is 115 cm³/mol. The summed E-state index contributed by atoms with van der Waals surface area (Å²) in [4.78, 5) is 28.4. The van der Waals surface area contributed by atoms with Crippen LogP contribution in [0.15, 0.2) is 41.0 Å². The van der Waals surface area contributed by atoms with Gasteiger partial charge in [0, 0.05) is 42.2 Å². The molecule has 29 heavy (non-hydrogen) atoms. The smallest absolute Gasteiger partial charge is 0.251 e. The maximum absolute atomic E-state index is 12.3. The third-order valence-electron chi connectivity index (χ3n) is 3.98. The quantitative estimate of drug-likeness (QED) is 0.511. The van der Waals surface area contributed by atoms with Gasteiger partial charge in [-0.2, -0.15) is 0 Å². The number of thioether (sulfide) groups is 1. The minimum absolute atomic E-state index is 0.148. The maximum Gasteiger partial charge on any atom is 0.251 e. The van der Waals surface area contributed by atoms with Crippen molar-refractivity contribution in [2.24, 2.45) is 7.05 Å². The molecule has 2 amide bonds. The first kappa shape index (κ1) is 21.3. The molecule has 0 aliphatic rings. The van der Waals surface area contributed by atoms with Gasteiger partial charge in [-0.05, 0) is 31.2 Å². The Labute approximate surface area is 181 Å². The van der Waals surface area contributed by atoms with Gasteiger partial charge in [-0.1, -0.05) is 23.4 Å².